The van der Waals surface area contributed by atoms with Gasteiger partial charge in [0.25, 0.3) is 0 Å². The Bertz CT molecular complexity index is 977. The van der Waals surface area contributed by atoms with Gasteiger partial charge in [0.2, 0.25) is 0 Å². The van der Waals surface area contributed by atoms with E-state index >= 15 is 0 Å². The average Bonchev–Trinajstić information content (AvgIpc) is 2.66. The first-order chi connectivity index (χ1) is 13.2. The number of halogens is 1. The summed E-state index contributed by atoms with van der Waals surface area (Å²) in [6, 6.07) is 12.3. The molecule has 2 aliphatic carbocycles. The maximum Gasteiger partial charge on any atom is 0.191 e. The van der Waals surface area contributed by atoms with Gasteiger partial charge in [0.1, 0.15) is 11.9 Å². The zero-order valence-corrected chi connectivity index (χ0v) is 16.3. The molecule has 0 amide bonds. The van der Waals surface area contributed by atoms with Crippen LogP contribution >= 0.6 is 0 Å². The van der Waals surface area contributed by atoms with Crippen LogP contribution in [0.25, 0.3) is 0 Å². The van der Waals surface area contributed by atoms with Gasteiger partial charge in [0.15, 0.2) is 5.41 Å². The molecule has 0 spiro atoms. The highest BCUT2D eigenvalue weighted by Gasteiger charge is 2.55. The molecule has 5 heteroatoms. The van der Waals surface area contributed by atoms with E-state index in [0.717, 1.165) is 12.0 Å². The summed E-state index contributed by atoms with van der Waals surface area (Å²) in [5.74, 6) is -0.996. The van der Waals surface area contributed by atoms with Gasteiger partial charge in [-0.3, -0.25) is 0 Å². The number of hydrogen-bond acceptors (Lipinski definition) is 4. The molecule has 2 aliphatic rings. The average molecular weight is 374 g/mol. The molecule has 28 heavy (non-hydrogen) atoms. The molecule has 0 saturated heterocycles. The Morgan fingerprint density at radius 2 is 1.86 bits per heavy atom. The fourth-order valence-electron chi connectivity index (χ4n) is 4.67. The Labute approximate surface area is 165 Å². The van der Waals surface area contributed by atoms with Crippen molar-refractivity contribution in [1.29, 1.82) is 15.8 Å². The van der Waals surface area contributed by atoms with Crippen molar-refractivity contribution in [3.05, 3.63) is 58.6 Å². The van der Waals surface area contributed by atoms with Crippen molar-refractivity contribution in [2.45, 2.75) is 39.5 Å². The zero-order chi connectivity index (χ0) is 20.7. The van der Waals surface area contributed by atoms with Crippen LogP contribution in [-0.4, -0.2) is 0 Å². The molecule has 0 fully saturated rings. The molecule has 0 saturated carbocycles. The SMILES string of the molecule is CC(C)(C)C1CC=C2C(C#N)=C(N)C(C#N)(C#N)C(c3cccc(F)c3)C2C1. The first-order valence-corrected chi connectivity index (χ1v) is 9.38. The van der Waals surface area contributed by atoms with Gasteiger partial charge in [-0.25, -0.2) is 4.39 Å². The van der Waals surface area contributed by atoms with Crippen molar-refractivity contribution in [2.24, 2.45) is 28.4 Å². The van der Waals surface area contributed by atoms with Gasteiger partial charge in [-0.15, -0.1) is 0 Å². The Hall–Kier alpha value is -3.10. The minimum Gasteiger partial charge on any atom is -0.399 e. The van der Waals surface area contributed by atoms with E-state index in [4.69, 9.17) is 5.73 Å². The molecule has 0 radical (unpaired) electrons. The van der Waals surface area contributed by atoms with E-state index in [0.29, 0.717) is 17.9 Å². The molecule has 0 aromatic heterocycles. The molecule has 0 aliphatic heterocycles. The molecular weight excluding hydrogens is 351 g/mol. The third-order valence-electron chi connectivity index (χ3n) is 6.31. The highest BCUT2D eigenvalue weighted by molar-refractivity contribution is 5.59. The zero-order valence-electron chi connectivity index (χ0n) is 16.3. The van der Waals surface area contributed by atoms with Crippen molar-refractivity contribution < 1.29 is 4.39 Å². The smallest absolute Gasteiger partial charge is 0.191 e. The molecule has 2 N–H and O–H groups in total. The van der Waals surface area contributed by atoms with E-state index in [1.807, 2.05) is 6.08 Å². The van der Waals surface area contributed by atoms with E-state index in [1.165, 1.54) is 12.1 Å². The van der Waals surface area contributed by atoms with Crippen LogP contribution < -0.4 is 5.73 Å². The lowest BCUT2D eigenvalue weighted by Gasteiger charge is -2.47. The minimum absolute atomic E-state index is 0.0223. The van der Waals surface area contributed by atoms with Crippen molar-refractivity contribution in [3.8, 4) is 18.2 Å². The summed E-state index contributed by atoms with van der Waals surface area (Å²) in [6.07, 6.45) is 3.54. The highest BCUT2D eigenvalue weighted by Crippen LogP contribution is 2.57. The van der Waals surface area contributed by atoms with Crippen molar-refractivity contribution in [3.63, 3.8) is 0 Å². The van der Waals surface area contributed by atoms with Gasteiger partial charge < -0.3 is 5.73 Å². The van der Waals surface area contributed by atoms with Crippen LogP contribution in [0.2, 0.25) is 0 Å². The molecule has 4 nitrogen and oxygen atoms in total. The van der Waals surface area contributed by atoms with Crippen LogP contribution in [0.15, 0.2) is 47.2 Å². The first-order valence-electron chi connectivity index (χ1n) is 9.38. The number of allylic oxidation sites excluding steroid dienone is 4. The van der Waals surface area contributed by atoms with Crippen molar-refractivity contribution >= 4 is 0 Å². The quantitative estimate of drug-likeness (QED) is 0.771. The molecule has 142 valence electrons. The molecule has 3 unspecified atom stereocenters. The van der Waals surface area contributed by atoms with Crippen molar-refractivity contribution in [2.75, 3.05) is 0 Å². The Morgan fingerprint density at radius 1 is 1.18 bits per heavy atom. The van der Waals surface area contributed by atoms with Gasteiger partial charge in [-0.2, -0.15) is 15.8 Å². The number of hydrogen-bond donors (Lipinski definition) is 1. The molecule has 3 atom stereocenters. The van der Waals surface area contributed by atoms with Gasteiger partial charge in [-0.1, -0.05) is 39.0 Å². The van der Waals surface area contributed by atoms with Gasteiger partial charge in [-0.05, 0) is 53.4 Å². The van der Waals surface area contributed by atoms with Crippen LogP contribution in [0, 0.1) is 62.5 Å². The number of nitrogens with zero attached hydrogens (tertiary/aromatic N) is 3. The molecule has 3 rings (SSSR count). The fraction of sp³-hybridized carbons (Fsp3) is 0.435. The largest absolute Gasteiger partial charge is 0.399 e. The molecule has 0 bridgehead atoms. The standard InChI is InChI=1S/C23H23FN4/c1-22(2,3)15-7-8-17-18(10-15)20(14-5-4-6-16(24)9-14)23(12-26,13-27)21(28)19(17)11-25/h4-6,8-9,15,18,20H,7,10,28H2,1-3H3. The van der Waals surface area contributed by atoms with Gasteiger partial charge in [0, 0.05) is 5.92 Å². The fourth-order valence-corrected chi connectivity index (χ4v) is 4.67. The third kappa shape index (κ3) is 2.87. The molecule has 1 aromatic rings. The topological polar surface area (TPSA) is 97.4 Å². The number of nitrogens with two attached hydrogens (primary N) is 1. The van der Waals surface area contributed by atoms with E-state index in [1.54, 1.807) is 12.1 Å². The number of nitriles is 3. The van der Waals surface area contributed by atoms with E-state index in [-0.39, 0.29) is 22.6 Å². The lowest BCUT2D eigenvalue weighted by molar-refractivity contribution is 0.170. The van der Waals surface area contributed by atoms with E-state index in [2.05, 4.69) is 39.0 Å². The first kappa shape index (κ1) is 19.7. The lowest BCUT2D eigenvalue weighted by atomic mass is 9.54. The summed E-state index contributed by atoms with van der Waals surface area (Å²) >= 11 is 0. The van der Waals surface area contributed by atoms with E-state index < -0.39 is 17.2 Å². The molecule has 1 aromatic carbocycles. The summed E-state index contributed by atoms with van der Waals surface area (Å²) < 4.78 is 14.0. The summed E-state index contributed by atoms with van der Waals surface area (Å²) in [6.45, 7) is 6.48. The number of benzene rings is 1. The second kappa shape index (κ2) is 6.81. The van der Waals surface area contributed by atoms with Gasteiger partial charge in [0.05, 0.1) is 23.4 Å². The Balaban J connectivity index is 2.31. The van der Waals surface area contributed by atoms with Crippen LogP contribution in [0.3, 0.4) is 0 Å². The number of fused-ring (bicyclic) bond motifs is 1. The molecule has 0 heterocycles. The normalized spacial score (nSPS) is 26.3. The summed E-state index contributed by atoms with van der Waals surface area (Å²) in [5, 5.41) is 29.8. The van der Waals surface area contributed by atoms with Gasteiger partial charge >= 0.3 is 0 Å². The monoisotopic (exact) mass is 374 g/mol. The van der Waals surface area contributed by atoms with Crippen LogP contribution in [0.5, 0.6) is 0 Å². The maximum absolute atomic E-state index is 14.0. The number of rotatable bonds is 1. The second-order valence-corrected chi connectivity index (χ2v) is 8.77. The maximum atomic E-state index is 14.0. The summed E-state index contributed by atoms with van der Waals surface area (Å²) in [4.78, 5) is 0. The van der Waals surface area contributed by atoms with Crippen molar-refractivity contribution in [1.82, 2.24) is 0 Å². The van der Waals surface area contributed by atoms with Crippen LogP contribution in [0.1, 0.15) is 45.1 Å². The highest BCUT2D eigenvalue weighted by atomic mass is 19.1. The van der Waals surface area contributed by atoms with Crippen LogP contribution in [-0.2, 0) is 0 Å². The summed E-state index contributed by atoms with van der Waals surface area (Å²) in [7, 11) is 0. The lowest BCUT2D eigenvalue weighted by Crippen LogP contribution is -2.44. The van der Waals surface area contributed by atoms with E-state index in [9.17, 15) is 20.2 Å². The van der Waals surface area contributed by atoms with Crippen LogP contribution in [0.4, 0.5) is 4.39 Å². The predicted octanol–water partition coefficient (Wildman–Crippen LogP) is 4.69. The third-order valence-corrected chi connectivity index (χ3v) is 6.31. The Kier molecular flexibility index (Phi) is 4.78. The molecular formula is C23H23FN4. The summed E-state index contributed by atoms with van der Waals surface area (Å²) in [5.41, 5.74) is 6.14. The predicted molar refractivity (Wildman–Crippen MR) is 103 cm³/mol. The second-order valence-electron chi connectivity index (χ2n) is 8.77. The minimum atomic E-state index is -1.71. The Morgan fingerprint density at radius 3 is 2.39 bits per heavy atom.